The fourth-order valence-electron chi connectivity index (χ4n) is 6.00. The van der Waals surface area contributed by atoms with Crippen LogP contribution in [0.1, 0.15) is 83.1 Å². The topological polar surface area (TPSA) is 0 Å². The van der Waals surface area contributed by atoms with Crippen LogP contribution in [-0.2, 0) is 6.42 Å². The summed E-state index contributed by atoms with van der Waals surface area (Å²) >= 11 is 0. The number of rotatable bonds is 6. The first kappa shape index (κ1) is 25.0. The van der Waals surface area contributed by atoms with Crippen molar-refractivity contribution in [2.24, 2.45) is 5.92 Å². The predicted molar refractivity (Wildman–Crippen MR) is 156 cm³/mol. The van der Waals surface area contributed by atoms with Gasteiger partial charge in [0.25, 0.3) is 0 Å². The van der Waals surface area contributed by atoms with Gasteiger partial charge in [0.1, 0.15) is 0 Å². The van der Waals surface area contributed by atoms with Crippen LogP contribution in [0.4, 0.5) is 0 Å². The van der Waals surface area contributed by atoms with E-state index in [1.165, 1.54) is 66.8 Å². The summed E-state index contributed by atoms with van der Waals surface area (Å²) in [7, 11) is 0. The van der Waals surface area contributed by atoms with Gasteiger partial charge in [0.05, 0.1) is 0 Å². The summed E-state index contributed by atoms with van der Waals surface area (Å²) in [5.41, 5.74) is 18.1. The molecule has 0 amide bonds. The van der Waals surface area contributed by atoms with Gasteiger partial charge in [-0.3, -0.25) is 0 Å². The molecule has 0 saturated heterocycles. The molecular weight excluding hydrogens is 420 g/mol. The Bertz CT molecular complexity index is 1300. The molecule has 3 aliphatic carbocycles. The third kappa shape index (κ3) is 4.36. The van der Waals surface area contributed by atoms with Crippen LogP contribution in [0.2, 0.25) is 0 Å². The molecule has 0 nitrogen and oxygen atoms in total. The number of hydrogen-bond acceptors (Lipinski definition) is 0. The van der Waals surface area contributed by atoms with Crippen molar-refractivity contribution in [2.45, 2.75) is 67.2 Å². The van der Waals surface area contributed by atoms with E-state index in [1.807, 2.05) is 6.08 Å². The Morgan fingerprint density at radius 1 is 1.09 bits per heavy atom. The van der Waals surface area contributed by atoms with Crippen LogP contribution in [0, 0.1) is 5.92 Å². The zero-order valence-electron chi connectivity index (χ0n) is 22.5. The molecule has 1 atom stereocenters. The first-order valence-electron chi connectivity index (χ1n) is 13.1. The van der Waals surface area contributed by atoms with E-state index < -0.39 is 0 Å². The van der Waals surface area contributed by atoms with Crippen molar-refractivity contribution in [3.63, 3.8) is 0 Å². The van der Waals surface area contributed by atoms with Crippen LogP contribution in [0.5, 0.6) is 0 Å². The van der Waals surface area contributed by atoms with Gasteiger partial charge in [-0.1, -0.05) is 68.2 Å². The molecule has 0 spiro atoms. The maximum atomic E-state index is 4.44. The predicted octanol–water partition coefficient (Wildman–Crippen LogP) is 10.1. The Hall–Kier alpha value is -3.12. The number of hydrogen-bond donors (Lipinski definition) is 0. The highest BCUT2D eigenvalue weighted by atomic mass is 14.4. The second-order valence-corrected chi connectivity index (χ2v) is 10.3. The molecule has 0 N–H and O–H groups in total. The third-order valence-corrected chi connectivity index (χ3v) is 7.98. The van der Waals surface area contributed by atoms with Gasteiger partial charge in [-0.15, -0.1) is 6.58 Å². The monoisotopic (exact) mass is 460 g/mol. The largest absolute Gasteiger partial charge is 0.103 e. The van der Waals surface area contributed by atoms with E-state index in [-0.39, 0.29) is 0 Å². The molecule has 0 aliphatic heterocycles. The Morgan fingerprint density at radius 3 is 2.51 bits per heavy atom. The van der Waals surface area contributed by atoms with Crippen LogP contribution in [0.25, 0.3) is 16.7 Å². The average Bonchev–Trinajstić information content (AvgIpc) is 3.18. The zero-order valence-corrected chi connectivity index (χ0v) is 22.5. The summed E-state index contributed by atoms with van der Waals surface area (Å²) in [6, 6.07) is 4.82. The lowest BCUT2D eigenvalue weighted by Gasteiger charge is -2.26. The lowest BCUT2D eigenvalue weighted by Crippen LogP contribution is -2.09. The zero-order chi connectivity index (χ0) is 25.3. The van der Waals surface area contributed by atoms with Crippen molar-refractivity contribution < 1.29 is 0 Å². The summed E-state index contributed by atoms with van der Waals surface area (Å²) in [6.07, 6.45) is 19.7. The molecule has 0 fully saturated rings. The van der Waals surface area contributed by atoms with Gasteiger partial charge in [0, 0.05) is 0 Å². The fraction of sp³-hybridized carbons (Fsp3) is 0.314. The minimum Gasteiger partial charge on any atom is -0.103 e. The molecular formula is C35H40. The highest BCUT2D eigenvalue weighted by Crippen LogP contribution is 2.54. The van der Waals surface area contributed by atoms with E-state index in [9.17, 15) is 0 Å². The molecule has 1 unspecified atom stereocenters. The van der Waals surface area contributed by atoms with Crippen LogP contribution in [0.3, 0.4) is 0 Å². The van der Waals surface area contributed by atoms with Crippen LogP contribution >= 0.6 is 0 Å². The van der Waals surface area contributed by atoms with Crippen molar-refractivity contribution in [1.82, 2.24) is 0 Å². The van der Waals surface area contributed by atoms with Gasteiger partial charge in [-0.25, -0.2) is 0 Å². The maximum Gasteiger partial charge on any atom is -0.00637 e. The van der Waals surface area contributed by atoms with Gasteiger partial charge in [-0.05, 0) is 139 Å². The minimum atomic E-state index is 0.553. The molecule has 4 rings (SSSR count). The SMILES string of the molecule is C=CCC(=C)C(C)=C1C2=CCCc3c(C4=C(C)C=CCC4C)ccc(c32)C1=C(C)C(C)=CC=CC. The quantitative estimate of drug-likeness (QED) is 0.292. The van der Waals surface area contributed by atoms with Gasteiger partial charge in [0.15, 0.2) is 0 Å². The third-order valence-electron chi connectivity index (χ3n) is 7.98. The Kier molecular flexibility index (Phi) is 7.31. The molecule has 180 valence electrons. The summed E-state index contributed by atoms with van der Waals surface area (Å²) in [5, 5.41) is 0. The molecule has 0 bridgehead atoms. The second-order valence-electron chi connectivity index (χ2n) is 10.3. The number of benzene rings is 1. The standard InChI is InChI=1S/C35H40/c1-9-11-15-23(4)27(8)34-31-21-20-29(32-24(5)16-12-17-25(32)6)28-18-13-19-30(35(28)31)33(34)26(7)22(3)14-10-2/h9-12,15-16,19-21,25H,2-3,13-14,17-18H2,1,4-8H3. The smallest absolute Gasteiger partial charge is 0.00637 e. The first-order chi connectivity index (χ1) is 16.8. The Balaban J connectivity index is 2.06. The van der Waals surface area contributed by atoms with Crippen molar-refractivity contribution in [3.8, 4) is 0 Å². The van der Waals surface area contributed by atoms with Gasteiger partial charge >= 0.3 is 0 Å². The lowest BCUT2D eigenvalue weighted by molar-refractivity contribution is 0.749. The van der Waals surface area contributed by atoms with E-state index in [0.29, 0.717) is 5.92 Å². The van der Waals surface area contributed by atoms with Crippen molar-refractivity contribution in [1.29, 1.82) is 0 Å². The highest BCUT2D eigenvalue weighted by molar-refractivity contribution is 6.12. The molecule has 0 saturated carbocycles. The Labute approximate surface area is 213 Å². The normalized spacial score (nSPS) is 22.4. The minimum absolute atomic E-state index is 0.553. The van der Waals surface area contributed by atoms with Gasteiger partial charge in [0.2, 0.25) is 0 Å². The van der Waals surface area contributed by atoms with Crippen molar-refractivity contribution in [3.05, 3.63) is 124 Å². The molecule has 35 heavy (non-hydrogen) atoms. The molecule has 0 radical (unpaired) electrons. The molecule has 3 aliphatic rings. The van der Waals surface area contributed by atoms with Gasteiger partial charge < -0.3 is 0 Å². The van der Waals surface area contributed by atoms with E-state index in [0.717, 1.165) is 31.3 Å². The molecule has 1 aromatic carbocycles. The summed E-state index contributed by atoms with van der Waals surface area (Å²) in [5.74, 6) is 0.553. The second kappa shape index (κ2) is 10.2. The molecule has 0 heterocycles. The fourth-order valence-corrected chi connectivity index (χ4v) is 6.00. The summed E-state index contributed by atoms with van der Waals surface area (Å²) in [6.45, 7) is 21.9. The van der Waals surface area contributed by atoms with Crippen LogP contribution in [0.15, 0.2) is 101 Å². The first-order valence-corrected chi connectivity index (χ1v) is 13.1. The summed E-state index contributed by atoms with van der Waals surface area (Å²) in [4.78, 5) is 0. The maximum absolute atomic E-state index is 4.44. The van der Waals surface area contributed by atoms with Crippen molar-refractivity contribution in [2.75, 3.05) is 0 Å². The van der Waals surface area contributed by atoms with Crippen LogP contribution in [-0.4, -0.2) is 0 Å². The van der Waals surface area contributed by atoms with Crippen molar-refractivity contribution >= 4 is 16.7 Å². The summed E-state index contributed by atoms with van der Waals surface area (Å²) < 4.78 is 0. The molecule has 0 heteroatoms. The van der Waals surface area contributed by atoms with Gasteiger partial charge in [-0.2, -0.15) is 0 Å². The van der Waals surface area contributed by atoms with Crippen LogP contribution < -0.4 is 0 Å². The van der Waals surface area contributed by atoms with E-state index in [1.54, 1.807) is 0 Å². The highest BCUT2D eigenvalue weighted by Gasteiger charge is 2.35. The lowest BCUT2D eigenvalue weighted by atomic mass is 9.78. The Morgan fingerprint density at radius 2 is 1.83 bits per heavy atom. The molecule has 1 aromatic rings. The average molecular weight is 461 g/mol. The van der Waals surface area contributed by atoms with E-state index in [4.69, 9.17) is 0 Å². The number of allylic oxidation sites excluding steroid dienone is 16. The molecule has 0 aromatic heterocycles. The van der Waals surface area contributed by atoms with E-state index in [2.05, 4.69) is 103 Å². The van der Waals surface area contributed by atoms with E-state index >= 15 is 0 Å².